The zero-order valence-electron chi connectivity index (χ0n) is 13.5. The number of hydrogen-bond donors (Lipinski definition) is 2. The third kappa shape index (κ3) is 3.05. The van der Waals surface area contributed by atoms with Gasteiger partial charge in [0.1, 0.15) is 5.82 Å². The van der Waals surface area contributed by atoms with Crippen LogP contribution in [0.25, 0.3) is 16.9 Å². The molecule has 1 aromatic carbocycles. The number of anilines is 1. The molecule has 0 aliphatic carbocycles. The zero-order valence-corrected chi connectivity index (χ0v) is 15.1. The number of allylic oxidation sites excluding steroid dienone is 2. The monoisotopic (exact) mass is 383 g/mol. The summed E-state index contributed by atoms with van der Waals surface area (Å²) in [6.45, 7) is 4.02. The Morgan fingerprint density at radius 1 is 1.33 bits per heavy atom. The third-order valence-electron chi connectivity index (χ3n) is 3.65. The van der Waals surface area contributed by atoms with Crippen molar-refractivity contribution in [1.29, 1.82) is 0 Å². The minimum Gasteiger partial charge on any atom is -0.403 e. The van der Waals surface area contributed by atoms with E-state index in [1.54, 1.807) is 10.7 Å². The largest absolute Gasteiger partial charge is 0.403 e. The quantitative estimate of drug-likeness (QED) is 0.660. The van der Waals surface area contributed by atoms with E-state index in [1.165, 1.54) is 11.8 Å². The van der Waals surface area contributed by atoms with Gasteiger partial charge in [-0.1, -0.05) is 30.3 Å². The molecule has 0 bridgehead atoms. The molecular weight excluding hydrogens is 366 g/mol. The minimum atomic E-state index is 0.745. The lowest BCUT2D eigenvalue weighted by atomic mass is 10.1. The molecular formula is C18H18BrN5. The maximum absolute atomic E-state index is 5.70. The van der Waals surface area contributed by atoms with Gasteiger partial charge in [0, 0.05) is 17.8 Å². The number of rotatable bonds is 4. The predicted octanol–water partition coefficient (Wildman–Crippen LogP) is 4.26. The molecule has 0 fully saturated rings. The lowest BCUT2D eigenvalue weighted by Gasteiger charge is -2.12. The number of aryl methyl sites for hydroxylation is 1. The van der Waals surface area contributed by atoms with E-state index in [1.807, 2.05) is 37.3 Å². The summed E-state index contributed by atoms with van der Waals surface area (Å²) in [5, 5.41) is 7.68. The van der Waals surface area contributed by atoms with Crippen molar-refractivity contribution in [3.63, 3.8) is 0 Å². The molecule has 0 amide bonds. The van der Waals surface area contributed by atoms with E-state index >= 15 is 0 Å². The summed E-state index contributed by atoms with van der Waals surface area (Å²) in [5.41, 5.74) is 10.4. The van der Waals surface area contributed by atoms with Gasteiger partial charge in [-0.15, -0.1) is 0 Å². The summed E-state index contributed by atoms with van der Waals surface area (Å²) in [5.74, 6) is 0.791. The molecule has 0 unspecified atom stereocenters. The Balaban J connectivity index is 2.19. The first kappa shape index (κ1) is 16.3. The fraction of sp³-hybridized carbons (Fsp3) is 0.111. The molecule has 2 aromatic heterocycles. The van der Waals surface area contributed by atoms with Gasteiger partial charge in [-0.3, -0.25) is 0 Å². The Morgan fingerprint density at radius 3 is 2.83 bits per heavy atom. The lowest BCUT2D eigenvalue weighted by molar-refractivity contribution is 0.945. The predicted molar refractivity (Wildman–Crippen MR) is 102 cm³/mol. The average Bonchev–Trinajstić information content (AvgIpc) is 2.96. The zero-order chi connectivity index (χ0) is 17.1. The van der Waals surface area contributed by atoms with Crippen LogP contribution in [0.2, 0.25) is 0 Å². The van der Waals surface area contributed by atoms with Crippen LogP contribution in [0.5, 0.6) is 0 Å². The molecule has 0 atom stereocenters. The van der Waals surface area contributed by atoms with Gasteiger partial charge >= 0.3 is 0 Å². The molecule has 0 spiro atoms. The first-order valence-corrected chi connectivity index (χ1v) is 8.35. The number of hydrogen-bond acceptors (Lipinski definition) is 4. The Bertz CT molecular complexity index is 940. The molecule has 3 aromatic rings. The summed E-state index contributed by atoms with van der Waals surface area (Å²) < 4.78 is 2.59. The van der Waals surface area contributed by atoms with Gasteiger partial charge in [0.2, 0.25) is 0 Å². The SMILES string of the molecule is C/C=C\C(=C/N)Nc1cc(-c2ccccc2C)nc2c(Br)cnn12. The molecule has 122 valence electrons. The topological polar surface area (TPSA) is 68.2 Å². The van der Waals surface area contributed by atoms with Gasteiger partial charge in [-0.05, 0) is 41.4 Å². The molecule has 5 nitrogen and oxygen atoms in total. The van der Waals surface area contributed by atoms with E-state index in [0.717, 1.165) is 32.9 Å². The second kappa shape index (κ2) is 6.88. The van der Waals surface area contributed by atoms with E-state index in [4.69, 9.17) is 10.7 Å². The number of aromatic nitrogens is 3. The molecule has 0 aliphatic heterocycles. The number of benzene rings is 1. The molecule has 0 aliphatic rings. The maximum atomic E-state index is 5.70. The normalized spacial score (nSPS) is 12.2. The van der Waals surface area contributed by atoms with Crippen LogP contribution in [-0.4, -0.2) is 14.6 Å². The van der Waals surface area contributed by atoms with Crippen LogP contribution in [0, 0.1) is 6.92 Å². The van der Waals surface area contributed by atoms with Crippen LogP contribution in [0.3, 0.4) is 0 Å². The Hall–Kier alpha value is -2.60. The second-order valence-corrected chi connectivity index (χ2v) is 6.17. The van der Waals surface area contributed by atoms with Gasteiger partial charge in [0.15, 0.2) is 5.65 Å². The van der Waals surface area contributed by atoms with E-state index in [-0.39, 0.29) is 0 Å². The number of nitrogens with one attached hydrogen (secondary N) is 1. The van der Waals surface area contributed by atoms with Crippen LogP contribution >= 0.6 is 15.9 Å². The number of nitrogens with two attached hydrogens (primary N) is 1. The molecule has 3 N–H and O–H groups in total. The highest BCUT2D eigenvalue weighted by Gasteiger charge is 2.13. The standard InChI is InChI=1S/C18H18BrN5/c1-3-6-13(10-20)22-17-9-16(14-8-5-4-7-12(14)2)23-18-15(19)11-21-24(17)18/h3-11,22H,20H2,1-2H3/b6-3-,13-10+. The number of halogens is 1. The van der Waals surface area contributed by atoms with Crippen molar-refractivity contribution >= 4 is 27.4 Å². The van der Waals surface area contributed by atoms with Crippen molar-refractivity contribution in [2.75, 3.05) is 5.32 Å². The Labute approximate surface area is 149 Å². The molecule has 0 saturated heterocycles. The third-order valence-corrected chi connectivity index (χ3v) is 4.21. The van der Waals surface area contributed by atoms with Crippen LogP contribution in [-0.2, 0) is 0 Å². The Morgan fingerprint density at radius 2 is 2.12 bits per heavy atom. The minimum absolute atomic E-state index is 0.745. The van der Waals surface area contributed by atoms with Gasteiger partial charge in [0.05, 0.1) is 22.1 Å². The summed E-state index contributed by atoms with van der Waals surface area (Å²) >= 11 is 3.51. The first-order chi connectivity index (χ1) is 11.6. The van der Waals surface area contributed by atoms with Gasteiger partial charge in [-0.25, -0.2) is 4.98 Å². The fourth-order valence-corrected chi connectivity index (χ4v) is 2.84. The summed E-state index contributed by atoms with van der Waals surface area (Å²) in [4.78, 5) is 4.75. The van der Waals surface area contributed by atoms with Gasteiger partial charge in [-0.2, -0.15) is 9.61 Å². The van der Waals surface area contributed by atoms with E-state index in [9.17, 15) is 0 Å². The van der Waals surface area contributed by atoms with Gasteiger partial charge in [0.25, 0.3) is 0 Å². The fourth-order valence-electron chi connectivity index (χ4n) is 2.49. The van der Waals surface area contributed by atoms with E-state index < -0.39 is 0 Å². The van der Waals surface area contributed by atoms with Crippen LogP contribution in [0.4, 0.5) is 5.82 Å². The van der Waals surface area contributed by atoms with Crippen LogP contribution < -0.4 is 11.1 Å². The second-order valence-electron chi connectivity index (χ2n) is 5.32. The first-order valence-electron chi connectivity index (χ1n) is 7.56. The highest BCUT2D eigenvalue weighted by atomic mass is 79.9. The molecule has 6 heteroatoms. The van der Waals surface area contributed by atoms with Crippen molar-refractivity contribution in [2.24, 2.45) is 5.73 Å². The van der Waals surface area contributed by atoms with E-state index in [2.05, 4.69) is 45.4 Å². The van der Waals surface area contributed by atoms with Crippen molar-refractivity contribution in [3.8, 4) is 11.3 Å². The van der Waals surface area contributed by atoms with Crippen LogP contribution in [0.1, 0.15) is 12.5 Å². The van der Waals surface area contributed by atoms with Crippen LogP contribution in [0.15, 0.2) is 65.1 Å². The van der Waals surface area contributed by atoms with Crippen molar-refractivity contribution < 1.29 is 0 Å². The summed E-state index contributed by atoms with van der Waals surface area (Å²) in [6.07, 6.45) is 7.08. The number of nitrogens with zero attached hydrogens (tertiary/aromatic N) is 3. The van der Waals surface area contributed by atoms with Gasteiger partial charge < -0.3 is 11.1 Å². The summed E-state index contributed by atoms with van der Waals surface area (Å²) in [6, 6.07) is 10.1. The lowest BCUT2D eigenvalue weighted by Crippen LogP contribution is -2.07. The van der Waals surface area contributed by atoms with Crippen molar-refractivity contribution in [1.82, 2.24) is 14.6 Å². The van der Waals surface area contributed by atoms with E-state index in [0.29, 0.717) is 0 Å². The molecule has 2 heterocycles. The smallest absolute Gasteiger partial charge is 0.172 e. The highest BCUT2D eigenvalue weighted by molar-refractivity contribution is 9.10. The molecule has 0 saturated carbocycles. The highest BCUT2D eigenvalue weighted by Crippen LogP contribution is 2.28. The average molecular weight is 384 g/mol. The molecule has 3 rings (SSSR count). The Kier molecular flexibility index (Phi) is 4.66. The maximum Gasteiger partial charge on any atom is 0.172 e. The van der Waals surface area contributed by atoms with Crippen molar-refractivity contribution in [2.45, 2.75) is 13.8 Å². The van der Waals surface area contributed by atoms with Crippen molar-refractivity contribution in [3.05, 3.63) is 70.6 Å². The molecule has 24 heavy (non-hydrogen) atoms. The number of fused-ring (bicyclic) bond motifs is 1. The summed E-state index contributed by atoms with van der Waals surface area (Å²) in [7, 11) is 0. The molecule has 0 radical (unpaired) electrons.